The van der Waals surface area contributed by atoms with Crippen LogP contribution in [0, 0.1) is 0 Å². The number of hydrogen-bond donors (Lipinski definition) is 1. The Bertz CT molecular complexity index is 1140. The summed E-state index contributed by atoms with van der Waals surface area (Å²) in [4.78, 5) is 6.84. The number of aromatic nitrogens is 5. The molecule has 3 aromatic heterocycles. The summed E-state index contributed by atoms with van der Waals surface area (Å²) in [6.45, 7) is 8.03. The van der Waals surface area contributed by atoms with Gasteiger partial charge in [-0.15, -0.1) is 5.10 Å². The second kappa shape index (κ2) is 6.60. The number of nitrogens with zero attached hydrogens (tertiary/aromatic N) is 5. The van der Waals surface area contributed by atoms with E-state index in [4.69, 9.17) is 9.84 Å². The van der Waals surface area contributed by atoms with Crippen molar-refractivity contribution in [3.8, 4) is 11.3 Å². The van der Waals surface area contributed by atoms with Crippen LogP contribution in [0.3, 0.4) is 0 Å². The van der Waals surface area contributed by atoms with Gasteiger partial charge in [-0.3, -0.25) is 5.10 Å². The topological polar surface area (TPSA) is 71.3 Å². The molecule has 1 aliphatic heterocycles. The number of morpholine rings is 1. The van der Waals surface area contributed by atoms with Crippen LogP contribution >= 0.6 is 0 Å². The number of aryl methyl sites for hydroxylation is 1. The molecule has 1 N–H and O–H groups in total. The molecule has 7 nitrogen and oxygen atoms in total. The Balaban J connectivity index is 1.59. The van der Waals surface area contributed by atoms with Crippen molar-refractivity contribution in [3.63, 3.8) is 0 Å². The van der Waals surface area contributed by atoms with Crippen molar-refractivity contribution in [2.24, 2.45) is 0 Å². The Morgan fingerprint density at radius 2 is 1.96 bits per heavy atom. The Morgan fingerprint density at radius 1 is 1.14 bits per heavy atom. The lowest BCUT2D eigenvalue weighted by Gasteiger charge is -2.35. The molecule has 144 valence electrons. The molecule has 1 fully saturated rings. The normalized spacial score (nSPS) is 20.3. The number of nitrogens with one attached hydrogen (secondary N) is 1. The standard InChI is InChI=1S/C21H24N6O/c1-4-17-16-9-15(5-6-18(16)24-23-17)19-10-22-20-7-8-21(25-27(19)20)26-11-13(2)28-14(3)12-26/h5-10,13-14H,4,11-12H2,1-3H3,(H,23,24)/t13-,14-/m0/s1. The Kier molecular flexibility index (Phi) is 4.05. The molecule has 5 rings (SSSR count). The minimum Gasteiger partial charge on any atom is -0.372 e. The largest absolute Gasteiger partial charge is 0.372 e. The van der Waals surface area contributed by atoms with Crippen LogP contribution in [0.5, 0.6) is 0 Å². The summed E-state index contributed by atoms with van der Waals surface area (Å²) in [6.07, 6.45) is 3.20. The van der Waals surface area contributed by atoms with Crippen LogP contribution in [-0.2, 0) is 11.2 Å². The van der Waals surface area contributed by atoms with Gasteiger partial charge in [-0.05, 0) is 44.5 Å². The maximum Gasteiger partial charge on any atom is 0.154 e. The highest BCUT2D eigenvalue weighted by atomic mass is 16.5. The predicted octanol–water partition coefficient (Wildman–Crippen LogP) is 3.45. The first kappa shape index (κ1) is 17.2. The molecule has 0 bridgehead atoms. The Labute approximate surface area is 163 Å². The van der Waals surface area contributed by atoms with E-state index in [1.165, 1.54) is 0 Å². The predicted molar refractivity (Wildman–Crippen MR) is 110 cm³/mol. The van der Waals surface area contributed by atoms with Gasteiger partial charge in [-0.25, -0.2) is 9.50 Å². The fourth-order valence-corrected chi connectivity index (χ4v) is 4.09. The SMILES string of the molecule is CCc1[nH]nc2ccc(-c3cnc4ccc(N5C[C@H](C)O[C@@H](C)C5)nn34)cc12. The van der Waals surface area contributed by atoms with Crippen molar-refractivity contribution in [2.45, 2.75) is 39.4 Å². The number of ether oxygens (including phenoxy) is 1. The van der Waals surface area contributed by atoms with Gasteiger partial charge in [0.1, 0.15) is 5.82 Å². The molecule has 1 aliphatic rings. The maximum atomic E-state index is 5.86. The Hall–Kier alpha value is -2.93. The zero-order chi connectivity index (χ0) is 19.3. The van der Waals surface area contributed by atoms with Crippen molar-refractivity contribution in [1.82, 2.24) is 24.8 Å². The van der Waals surface area contributed by atoms with Crippen LogP contribution in [0.4, 0.5) is 5.82 Å². The molecule has 1 saturated heterocycles. The summed E-state index contributed by atoms with van der Waals surface area (Å²) in [6, 6.07) is 10.4. The zero-order valence-electron chi connectivity index (χ0n) is 16.4. The van der Waals surface area contributed by atoms with E-state index in [2.05, 4.69) is 59.1 Å². The van der Waals surface area contributed by atoms with Gasteiger partial charge in [0.2, 0.25) is 0 Å². The van der Waals surface area contributed by atoms with Gasteiger partial charge < -0.3 is 9.64 Å². The van der Waals surface area contributed by atoms with Crippen LogP contribution < -0.4 is 4.90 Å². The van der Waals surface area contributed by atoms with E-state index in [-0.39, 0.29) is 12.2 Å². The highest BCUT2D eigenvalue weighted by Crippen LogP contribution is 2.27. The monoisotopic (exact) mass is 376 g/mol. The third-order valence-electron chi connectivity index (χ3n) is 5.37. The van der Waals surface area contributed by atoms with Crippen molar-refractivity contribution in [2.75, 3.05) is 18.0 Å². The van der Waals surface area contributed by atoms with Crippen LogP contribution in [0.15, 0.2) is 36.5 Å². The van der Waals surface area contributed by atoms with E-state index >= 15 is 0 Å². The number of anilines is 1. The highest BCUT2D eigenvalue weighted by Gasteiger charge is 2.23. The van der Waals surface area contributed by atoms with E-state index in [1.54, 1.807) is 0 Å². The van der Waals surface area contributed by atoms with E-state index in [9.17, 15) is 0 Å². The number of fused-ring (bicyclic) bond motifs is 2. The smallest absolute Gasteiger partial charge is 0.154 e. The van der Waals surface area contributed by atoms with E-state index < -0.39 is 0 Å². The van der Waals surface area contributed by atoms with Crippen molar-refractivity contribution in [1.29, 1.82) is 0 Å². The average Bonchev–Trinajstić information content (AvgIpc) is 3.29. The van der Waals surface area contributed by atoms with E-state index in [0.29, 0.717) is 0 Å². The summed E-state index contributed by atoms with van der Waals surface area (Å²) in [5, 5.41) is 13.6. The molecule has 0 radical (unpaired) electrons. The molecule has 0 amide bonds. The fraction of sp³-hybridized carbons (Fsp3) is 0.381. The van der Waals surface area contributed by atoms with Crippen LogP contribution in [0.25, 0.3) is 27.8 Å². The third kappa shape index (κ3) is 2.82. The highest BCUT2D eigenvalue weighted by molar-refractivity contribution is 5.86. The second-order valence-corrected chi connectivity index (χ2v) is 7.55. The summed E-state index contributed by atoms with van der Waals surface area (Å²) in [7, 11) is 0. The van der Waals surface area contributed by atoms with Crippen LogP contribution in [0.2, 0.25) is 0 Å². The third-order valence-corrected chi connectivity index (χ3v) is 5.37. The number of aromatic amines is 1. The number of hydrogen-bond acceptors (Lipinski definition) is 5. The first-order valence-corrected chi connectivity index (χ1v) is 9.85. The first-order valence-electron chi connectivity index (χ1n) is 9.85. The maximum absolute atomic E-state index is 5.86. The molecule has 0 spiro atoms. The van der Waals surface area contributed by atoms with E-state index in [1.807, 2.05) is 22.8 Å². The number of H-pyrrole nitrogens is 1. The lowest BCUT2D eigenvalue weighted by molar-refractivity contribution is -0.00551. The summed E-state index contributed by atoms with van der Waals surface area (Å²) < 4.78 is 7.80. The quantitative estimate of drug-likeness (QED) is 0.593. The molecule has 1 aromatic carbocycles. The lowest BCUT2D eigenvalue weighted by atomic mass is 10.1. The van der Waals surface area contributed by atoms with Crippen molar-refractivity contribution >= 4 is 22.4 Å². The van der Waals surface area contributed by atoms with Gasteiger partial charge in [-0.2, -0.15) is 5.10 Å². The first-order chi connectivity index (χ1) is 13.6. The fourth-order valence-electron chi connectivity index (χ4n) is 4.09. The molecule has 0 unspecified atom stereocenters. The molecule has 2 atom stereocenters. The van der Waals surface area contributed by atoms with Gasteiger partial charge in [0.25, 0.3) is 0 Å². The van der Waals surface area contributed by atoms with E-state index in [0.717, 1.165) is 58.8 Å². The molecule has 28 heavy (non-hydrogen) atoms. The molecular weight excluding hydrogens is 352 g/mol. The molecule has 4 aromatic rings. The summed E-state index contributed by atoms with van der Waals surface area (Å²) in [5.41, 5.74) is 5.05. The van der Waals surface area contributed by atoms with Gasteiger partial charge >= 0.3 is 0 Å². The number of imidazole rings is 1. The summed E-state index contributed by atoms with van der Waals surface area (Å²) in [5.74, 6) is 0.951. The average molecular weight is 376 g/mol. The summed E-state index contributed by atoms with van der Waals surface area (Å²) >= 11 is 0. The molecule has 0 saturated carbocycles. The van der Waals surface area contributed by atoms with Gasteiger partial charge in [0.05, 0.1) is 29.6 Å². The molecular formula is C21H24N6O. The lowest BCUT2D eigenvalue weighted by Crippen LogP contribution is -2.46. The minimum atomic E-state index is 0.194. The van der Waals surface area contributed by atoms with Crippen molar-refractivity contribution in [3.05, 3.63) is 42.2 Å². The van der Waals surface area contributed by atoms with Crippen LogP contribution in [-0.4, -0.2) is 50.1 Å². The zero-order valence-corrected chi connectivity index (χ0v) is 16.4. The van der Waals surface area contributed by atoms with Gasteiger partial charge in [-0.1, -0.05) is 13.0 Å². The molecule has 0 aliphatic carbocycles. The van der Waals surface area contributed by atoms with Gasteiger partial charge in [0, 0.05) is 29.7 Å². The molecule has 4 heterocycles. The Morgan fingerprint density at radius 3 is 2.75 bits per heavy atom. The molecule has 7 heteroatoms. The number of benzene rings is 1. The van der Waals surface area contributed by atoms with Crippen molar-refractivity contribution < 1.29 is 4.74 Å². The second-order valence-electron chi connectivity index (χ2n) is 7.55. The number of rotatable bonds is 3. The van der Waals surface area contributed by atoms with Gasteiger partial charge in [0.15, 0.2) is 5.65 Å². The minimum absolute atomic E-state index is 0.194. The van der Waals surface area contributed by atoms with Crippen LogP contribution in [0.1, 0.15) is 26.5 Å².